The maximum atomic E-state index is 12.4. The summed E-state index contributed by atoms with van der Waals surface area (Å²) in [6.45, 7) is -0.598. The van der Waals surface area contributed by atoms with E-state index in [2.05, 4.69) is 4.98 Å². The van der Waals surface area contributed by atoms with Crippen molar-refractivity contribution in [3.63, 3.8) is 0 Å². The summed E-state index contributed by atoms with van der Waals surface area (Å²) in [5.41, 5.74) is 2.34. The van der Waals surface area contributed by atoms with Crippen LogP contribution in [0, 0.1) is 0 Å². The standard InChI is InChI=1S/C20H16N2O5/c23-10-17(24)14-6-7-18-16(8-14)22(20(25)12-26-18)9-19-21-15(11-27-19)13-4-2-1-3-5-13/h1-8,11,23H,9-10,12H2. The van der Waals surface area contributed by atoms with Gasteiger partial charge in [0.2, 0.25) is 5.89 Å². The molecule has 0 aliphatic carbocycles. The number of oxazole rings is 1. The molecule has 0 spiro atoms. The van der Waals surface area contributed by atoms with Crippen molar-refractivity contribution in [3.8, 4) is 17.0 Å². The van der Waals surface area contributed by atoms with Gasteiger partial charge >= 0.3 is 0 Å². The number of fused-ring (bicyclic) bond motifs is 1. The molecule has 0 saturated carbocycles. The minimum absolute atomic E-state index is 0.105. The average Bonchev–Trinajstić information content (AvgIpc) is 3.18. The van der Waals surface area contributed by atoms with Gasteiger partial charge in [-0.3, -0.25) is 14.5 Å². The van der Waals surface area contributed by atoms with Crippen LogP contribution in [0.3, 0.4) is 0 Å². The van der Waals surface area contributed by atoms with Crippen molar-refractivity contribution in [2.45, 2.75) is 6.54 Å². The van der Waals surface area contributed by atoms with Crippen molar-refractivity contribution < 1.29 is 23.8 Å². The molecule has 7 heteroatoms. The van der Waals surface area contributed by atoms with Crippen LogP contribution < -0.4 is 9.64 Å². The Morgan fingerprint density at radius 3 is 2.78 bits per heavy atom. The minimum atomic E-state index is -0.603. The number of ketones is 1. The van der Waals surface area contributed by atoms with E-state index in [1.165, 1.54) is 11.0 Å². The molecule has 1 aliphatic rings. The highest BCUT2D eigenvalue weighted by molar-refractivity contribution is 6.02. The summed E-state index contributed by atoms with van der Waals surface area (Å²) >= 11 is 0. The summed E-state index contributed by atoms with van der Waals surface area (Å²) in [7, 11) is 0. The first-order chi connectivity index (χ1) is 13.2. The zero-order valence-corrected chi connectivity index (χ0v) is 14.3. The number of anilines is 1. The zero-order chi connectivity index (χ0) is 18.8. The molecule has 2 aromatic carbocycles. The summed E-state index contributed by atoms with van der Waals surface area (Å²) in [6.07, 6.45) is 1.54. The van der Waals surface area contributed by atoms with E-state index in [4.69, 9.17) is 14.3 Å². The van der Waals surface area contributed by atoms with Crippen LogP contribution in [0.2, 0.25) is 0 Å². The van der Waals surface area contributed by atoms with E-state index in [0.29, 0.717) is 28.6 Å². The van der Waals surface area contributed by atoms with Gasteiger partial charge in [0.05, 0.1) is 5.69 Å². The van der Waals surface area contributed by atoms with E-state index in [1.54, 1.807) is 18.4 Å². The molecular weight excluding hydrogens is 348 g/mol. The number of benzene rings is 2. The lowest BCUT2D eigenvalue weighted by atomic mass is 10.1. The van der Waals surface area contributed by atoms with E-state index >= 15 is 0 Å². The summed E-state index contributed by atoms with van der Waals surface area (Å²) in [5, 5.41) is 9.07. The number of aliphatic hydroxyl groups is 1. The maximum absolute atomic E-state index is 12.4. The number of carbonyl (C=O) groups is 2. The Hall–Kier alpha value is -3.45. The van der Waals surface area contributed by atoms with Gasteiger partial charge < -0.3 is 14.3 Å². The first kappa shape index (κ1) is 17.0. The monoisotopic (exact) mass is 364 g/mol. The van der Waals surface area contributed by atoms with Crippen LogP contribution in [-0.4, -0.2) is 35.0 Å². The molecule has 0 saturated heterocycles. The number of amides is 1. The van der Waals surface area contributed by atoms with Gasteiger partial charge in [-0.05, 0) is 18.2 Å². The minimum Gasteiger partial charge on any atom is -0.482 e. The molecule has 0 radical (unpaired) electrons. The molecule has 136 valence electrons. The molecule has 1 N–H and O–H groups in total. The summed E-state index contributed by atoms with van der Waals surface area (Å²) in [5.74, 6) is 0.154. The summed E-state index contributed by atoms with van der Waals surface area (Å²) in [6, 6.07) is 14.3. The van der Waals surface area contributed by atoms with Crippen LogP contribution in [0.15, 0.2) is 59.2 Å². The molecule has 1 amide bonds. The topological polar surface area (TPSA) is 92.9 Å². The van der Waals surface area contributed by atoms with Gasteiger partial charge in [0.15, 0.2) is 12.4 Å². The molecule has 4 rings (SSSR count). The molecular formula is C20H16N2O5. The number of ether oxygens (including phenoxy) is 1. The van der Waals surface area contributed by atoms with Crippen molar-refractivity contribution >= 4 is 17.4 Å². The molecule has 1 aliphatic heterocycles. The number of aliphatic hydroxyl groups excluding tert-OH is 1. The van der Waals surface area contributed by atoms with Crippen LogP contribution in [0.25, 0.3) is 11.3 Å². The third-order valence-corrected chi connectivity index (χ3v) is 4.28. The van der Waals surface area contributed by atoms with E-state index < -0.39 is 12.4 Å². The van der Waals surface area contributed by atoms with E-state index in [1.807, 2.05) is 30.3 Å². The van der Waals surface area contributed by atoms with Crippen LogP contribution in [-0.2, 0) is 11.3 Å². The highest BCUT2D eigenvalue weighted by atomic mass is 16.5. The number of nitrogens with zero attached hydrogens (tertiary/aromatic N) is 2. The number of aromatic nitrogens is 1. The van der Waals surface area contributed by atoms with Crippen LogP contribution >= 0.6 is 0 Å². The third-order valence-electron chi connectivity index (χ3n) is 4.28. The second-order valence-corrected chi connectivity index (χ2v) is 6.02. The van der Waals surface area contributed by atoms with Crippen molar-refractivity contribution in [1.82, 2.24) is 4.98 Å². The normalized spacial score (nSPS) is 13.2. The van der Waals surface area contributed by atoms with Gasteiger partial charge in [-0.2, -0.15) is 0 Å². The zero-order valence-electron chi connectivity index (χ0n) is 14.3. The molecule has 2 heterocycles. The predicted octanol–water partition coefficient (Wildman–Crippen LogP) is 2.44. The fourth-order valence-electron chi connectivity index (χ4n) is 2.90. The Labute approximate surface area is 154 Å². The Balaban J connectivity index is 1.64. The Morgan fingerprint density at radius 2 is 2.00 bits per heavy atom. The second kappa shape index (κ2) is 7.05. The number of hydrogen-bond donors (Lipinski definition) is 1. The van der Waals surface area contributed by atoms with Crippen LogP contribution in [0.1, 0.15) is 16.2 Å². The van der Waals surface area contributed by atoms with Gasteiger partial charge in [-0.25, -0.2) is 4.98 Å². The quantitative estimate of drug-likeness (QED) is 0.699. The summed E-state index contributed by atoms with van der Waals surface area (Å²) in [4.78, 5) is 30.1. The molecule has 0 fully saturated rings. The lowest BCUT2D eigenvalue weighted by molar-refractivity contribution is -0.121. The molecule has 0 unspecified atom stereocenters. The lowest BCUT2D eigenvalue weighted by Crippen LogP contribution is -2.38. The SMILES string of the molecule is O=C(CO)c1ccc2c(c1)N(Cc1nc(-c3ccccc3)co1)C(=O)CO2. The molecule has 27 heavy (non-hydrogen) atoms. The van der Waals surface area contributed by atoms with Crippen molar-refractivity contribution in [3.05, 3.63) is 66.2 Å². The molecule has 0 bridgehead atoms. The fourth-order valence-corrected chi connectivity index (χ4v) is 2.90. The van der Waals surface area contributed by atoms with Gasteiger partial charge in [0.25, 0.3) is 5.91 Å². The fraction of sp³-hybridized carbons (Fsp3) is 0.150. The van der Waals surface area contributed by atoms with Crippen molar-refractivity contribution in [2.24, 2.45) is 0 Å². The smallest absolute Gasteiger partial charge is 0.265 e. The molecule has 1 aromatic heterocycles. The van der Waals surface area contributed by atoms with Crippen LogP contribution in [0.4, 0.5) is 5.69 Å². The first-order valence-electron chi connectivity index (χ1n) is 8.37. The Kier molecular flexibility index (Phi) is 4.43. The van der Waals surface area contributed by atoms with Gasteiger partial charge in [-0.1, -0.05) is 30.3 Å². The molecule has 0 atom stereocenters. The molecule has 7 nitrogen and oxygen atoms in total. The van der Waals surface area contributed by atoms with Gasteiger partial charge in [0.1, 0.15) is 30.9 Å². The van der Waals surface area contributed by atoms with Gasteiger partial charge in [-0.15, -0.1) is 0 Å². The number of hydrogen-bond acceptors (Lipinski definition) is 6. The van der Waals surface area contributed by atoms with E-state index in [0.717, 1.165) is 5.56 Å². The predicted molar refractivity (Wildman–Crippen MR) is 96.5 cm³/mol. The second-order valence-electron chi connectivity index (χ2n) is 6.02. The number of carbonyl (C=O) groups excluding carboxylic acids is 2. The Bertz CT molecular complexity index is 997. The van der Waals surface area contributed by atoms with E-state index in [-0.39, 0.29) is 19.1 Å². The lowest BCUT2D eigenvalue weighted by Gasteiger charge is -2.28. The largest absolute Gasteiger partial charge is 0.482 e. The maximum Gasteiger partial charge on any atom is 0.265 e. The number of rotatable bonds is 5. The van der Waals surface area contributed by atoms with Gasteiger partial charge in [0, 0.05) is 11.1 Å². The first-order valence-corrected chi connectivity index (χ1v) is 8.37. The Morgan fingerprint density at radius 1 is 1.19 bits per heavy atom. The van der Waals surface area contributed by atoms with Crippen LogP contribution in [0.5, 0.6) is 5.75 Å². The van der Waals surface area contributed by atoms with E-state index in [9.17, 15) is 9.59 Å². The summed E-state index contributed by atoms with van der Waals surface area (Å²) < 4.78 is 11.0. The number of Topliss-reactive ketones (excluding diaryl/α,β-unsaturated/α-hetero) is 1. The van der Waals surface area contributed by atoms with Crippen molar-refractivity contribution in [1.29, 1.82) is 0 Å². The highest BCUT2D eigenvalue weighted by Gasteiger charge is 2.28. The van der Waals surface area contributed by atoms with Crippen molar-refractivity contribution in [2.75, 3.05) is 18.1 Å². The highest BCUT2D eigenvalue weighted by Crippen LogP contribution is 2.34. The molecule has 3 aromatic rings. The third kappa shape index (κ3) is 3.32. The average molecular weight is 364 g/mol.